The number of aliphatic hydroxyl groups excluding tert-OH is 1. The molecule has 106 valence electrons. The van der Waals surface area contributed by atoms with Gasteiger partial charge in [-0.2, -0.15) is 0 Å². The number of hydrogen-bond donors (Lipinski definition) is 3. The van der Waals surface area contributed by atoms with E-state index in [2.05, 4.69) is 5.32 Å². The normalized spacial score (nSPS) is 14.2. The van der Waals surface area contributed by atoms with E-state index in [1.54, 1.807) is 0 Å². The lowest BCUT2D eigenvalue weighted by Crippen LogP contribution is -2.38. The van der Waals surface area contributed by atoms with E-state index < -0.39 is 42.7 Å². The summed E-state index contributed by atoms with van der Waals surface area (Å²) in [5.74, 6) is -0.760. The van der Waals surface area contributed by atoms with E-state index in [1.807, 2.05) is 0 Å². The molecule has 0 aliphatic carbocycles. The molecule has 0 aliphatic heterocycles. The Hall–Kier alpha value is -1.00. The van der Waals surface area contributed by atoms with Gasteiger partial charge in [-0.25, -0.2) is 16.8 Å². The van der Waals surface area contributed by atoms with Crippen LogP contribution in [0.25, 0.3) is 0 Å². The maximum absolute atomic E-state index is 11.3. The molecular weight excluding hydrogens is 284 g/mol. The van der Waals surface area contributed by atoms with Crippen molar-refractivity contribution in [1.29, 1.82) is 5.41 Å². The Morgan fingerprint density at radius 1 is 1.28 bits per heavy atom. The molecule has 0 saturated carbocycles. The van der Waals surface area contributed by atoms with Crippen molar-refractivity contribution in [2.75, 3.05) is 19.1 Å². The van der Waals surface area contributed by atoms with Crippen LogP contribution in [0.5, 0.6) is 0 Å². The van der Waals surface area contributed by atoms with Crippen molar-refractivity contribution in [2.24, 2.45) is 0 Å². The smallest absolute Gasteiger partial charge is 0.261 e. The van der Waals surface area contributed by atoms with Gasteiger partial charge in [0, 0.05) is 25.5 Å². The molecule has 3 N–H and O–H groups in total. The number of nitrogens with one attached hydrogen (secondary N) is 2. The van der Waals surface area contributed by atoms with Gasteiger partial charge in [0.05, 0.1) is 12.3 Å². The van der Waals surface area contributed by atoms with Crippen LogP contribution in [0.15, 0.2) is 0 Å². The summed E-state index contributed by atoms with van der Waals surface area (Å²) in [5, 5.41) is 18.2. The SMILES string of the molecule is CS(=O)(=O)C(CC(O)CNC(=O)C=N)S(C)(=O)=O. The molecular formula is C8H16N2O6S2. The van der Waals surface area contributed by atoms with E-state index in [9.17, 15) is 26.7 Å². The Kier molecular flexibility index (Phi) is 5.90. The zero-order chi connectivity index (χ0) is 14.6. The largest absolute Gasteiger partial charge is 0.391 e. The first-order valence-electron chi connectivity index (χ1n) is 4.82. The second-order valence-corrected chi connectivity index (χ2v) is 8.62. The van der Waals surface area contributed by atoms with E-state index in [1.165, 1.54) is 0 Å². The third kappa shape index (κ3) is 6.07. The van der Waals surface area contributed by atoms with Gasteiger partial charge in [-0.1, -0.05) is 0 Å². The lowest BCUT2D eigenvalue weighted by molar-refractivity contribution is -0.114. The second-order valence-electron chi connectivity index (χ2n) is 3.87. The predicted octanol–water partition coefficient (Wildman–Crippen LogP) is -2.08. The Labute approximate surface area is 106 Å². The zero-order valence-corrected chi connectivity index (χ0v) is 11.6. The highest BCUT2D eigenvalue weighted by Crippen LogP contribution is 2.14. The van der Waals surface area contributed by atoms with Crippen LogP contribution >= 0.6 is 0 Å². The van der Waals surface area contributed by atoms with Crippen LogP contribution in [0.3, 0.4) is 0 Å². The molecule has 0 aromatic heterocycles. The minimum Gasteiger partial charge on any atom is -0.391 e. The van der Waals surface area contributed by atoms with Crippen molar-refractivity contribution in [3.63, 3.8) is 0 Å². The summed E-state index contributed by atoms with van der Waals surface area (Å²) in [6, 6.07) is 0. The second kappa shape index (κ2) is 6.25. The average molecular weight is 300 g/mol. The third-order valence-electron chi connectivity index (χ3n) is 2.06. The highest BCUT2D eigenvalue weighted by atomic mass is 32.3. The number of aliphatic hydroxyl groups is 1. The van der Waals surface area contributed by atoms with Gasteiger partial charge in [-0.3, -0.25) is 4.79 Å². The molecule has 0 aromatic rings. The van der Waals surface area contributed by atoms with Gasteiger partial charge >= 0.3 is 0 Å². The van der Waals surface area contributed by atoms with Gasteiger partial charge in [-0.15, -0.1) is 0 Å². The van der Waals surface area contributed by atoms with E-state index in [0.29, 0.717) is 6.21 Å². The zero-order valence-electron chi connectivity index (χ0n) is 9.95. The molecule has 0 radical (unpaired) electrons. The molecule has 0 aliphatic rings. The number of sulfone groups is 2. The highest BCUT2D eigenvalue weighted by Gasteiger charge is 2.33. The first-order chi connectivity index (χ1) is 7.98. The van der Waals surface area contributed by atoms with Crippen LogP contribution in [0.1, 0.15) is 6.42 Å². The number of carbonyl (C=O) groups excluding carboxylic acids is 1. The minimum absolute atomic E-state index is 0.324. The first-order valence-corrected chi connectivity index (χ1v) is 8.73. The summed E-state index contributed by atoms with van der Waals surface area (Å²) in [6.45, 7) is -0.324. The van der Waals surface area contributed by atoms with Crippen molar-refractivity contribution in [2.45, 2.75) is 17.1 Å². The van der Waals surface area contributed by atoms with Crippen LogP contribution in [0.2, 0.25) is 0 Å². The fourth-order valence-corrected chi connectivity index (χ4v) is 4.93. The van der Waals surface area contributed by atoms with Crippen molar-refractivity contribution in [3.05, 3.63) is 0 Å². The van der Waals surface area contributed by atoms with E-state index in [-0.39, 0.29) is 6.54 Å². The molecule has 0 saturated heterocycles. The summed E-state index contributed by atoms with van der Waals surface area (Å²) in [4.78, 5) is 10.7. The maximum Gasteiger partial charge on any atom is 0.261 e. The molecule has 0 heterocycles. The summed E-state index contributed by atoms with van der Waals surface area (Å²) in [5.41, 5.74) is 0. The lowest BCUT2D eigenvalue weighted by atomic mass is 10.3. The minimum atomic E-state index is -3.87. The van der Waals surface area contributed by atoms with Gasteiger partial charge in [0.1, 0.15) is 0 Å². The molecule has 10 heteroatoms. The fraction of sp³-hybridized carbons (Fsp3) is 0.750. The van der Waals surface area contributed by atoms with E-state index >= 15 is 0 Å². The van der Waals surface area contributed by atoms with Crippen molar-refractivity contribution < 1.29 is 26.7 Å². The molecule has 0 bridgehead atoms. The van der Waals surface area contributed by atoms with Crippen molar-refractivity contribution >= 4 is 31.8 Å². The summed E-state index contributed by atoms with van der Waals surface area (Å²) >= 11 is 0. The van der Waals surface area contributed by atoms with Crippen LogP contribution < -0.4 is 5.32 Å². The van der Waals surface area contributed by atoms with Crippen LogP contribution in [0, 0.1) is 5.41 Å². The van der Waals surface area contributed by atoms with Gasteiger partial charge in [0.15, 0.2) is 24.3 Å². The lowest BCUT2D eigenvalue weighted by Gasteiger charge is -2.17. The first kappa shape index (κ1) is 17.0. The molecule has 0 rings (SSSR count). The molecule has 1 atom stereocenters. The van der Waals surface area contributed by atoms with Crippen LogP contribution in [-0.2, 0) is 24.5 Å². The summed E-state index contributed by atoms with van der Waals surface area (Å²) < 4.78 is 43.5. The Morgan fingerprint density at radius 2 is 1.72 bits per heavy atom. The van der Waals surface area contributed by atoms with Crippen LogP contribution in [0.4, 0.5) is 0 Å². The Morgan fingerprint density at radius 3 is 2.06 bits per heavy atom. The molecule has 8 nitrogen and oxygen atoms in total. The van der Waals surface area contributed by atoms with Gasteiger partial charge in [0.25, 0.3) is 5.91 Å². The quantitative estimate of drug-likeness (QED) is 0.461. The molecule has 1 unspecified atom stereocenters. The topological polar surface area (TPSA) is 141 Å². The fourth-order valence-electron chi connectivity index (χ4n) is 1.24. The summed E-state index contributed by atoms with van der Waals surface area (Å²) in [6.07, 6.45) is 0.152. The monoisotopic (exact) mass is 300 g/mol. The molecule has 18 heavy (non-hydrogen) atoms. The summed E-state index contributed by atoms with van der Waals surface area (Å²) in [7, 11) is -7.73. The third-order valence-corrected chi connectivity index (χ3v) is 6.46. The highest BCUT2D eigenvalue weighted by molar-refractivity contribution is 8.08. The predicted molar refractivity (Wildman–Crippen MR) is 65.9 cm³/mol. The molecule has 0 spiro atoms. The van der Waals surface area contributed by atoms with E-state index in [0.717, 1.165) is 12.5 Å². The molecule has 1 amide bonds. The number of amides is 1. The van der Waals surface area contributed by atoms with Crippen LogP contribution in [-0.4, -0.2) is 63.8 Å². The number of hydrogen-bond acceptors (Lipinski definition) is 7. The van der Waals surface area contributed by atoms with E-state index in [4.69, 9.17) is 5.41 Å². The Bertz CT molecular complexity index is 478. The van der Waals surface area contributed by atoms with Gasteiger partial charge < -0.3 is 15.8 Å². The van der Waals surface area contributed by atoms with Gasteiger partial charge in [0.2, 0.25) is 0 Å². The van der Waals surface area contributed by atoms with Gasteiger partial charge in [-0.05, 0) is 0 Å². The average Bonchev–Trinajstić information content (AvgIpc) is 2.19. The Balaban J connectivity index is 4.73. The maximum atomic E-state index is 11.3. The molecule has 0 aromatic carbocycles. The van der Waals surface area contributed by atoms with Crippen molar-refractivity contribution in [1.82, 2.24) is 5.32 Å². The molecule has 0 fully saturated rings. The van der Waals surface area contributed by atoms with Crippen molar-refractivity contribution in [3.8, 4) is 0 Å². The number of rotatable bonds is 7. The standard InChI is InChI=1S/C8H16N2O6S2/c1-17(13,14)8(18(2,15)16)3-6(11)5-10-7(12)4-9/h4,6,8-9,11H,3,5H2,1-2H3,(H,10,12). The number of carbonyl (C=O) groups is 1.